The normalized spacial score (nSPS) is 37.6. The van der Waals surface area contributed by atoms with Crippen LogP contribution in [-0.4, -0.2) is 72.0 Å². The van der Waals surface area contributed by atoms with E-state index in [-0.39, 0.29) is 19.0 Å². The van der Waals surface area contributed by atoms with Crippen molar-refractivity contribution in [3.63, 3.8) is 0 Å². The molecular weight excluding hydrogens is 270 g/mol. The van der Waals surface area contributed by atoms with Gasteiger partial charge in [0.05, 0.1) is 12.6 Å². The van der Waals surface area contributed by atoms with Crippen LogP contribution in [0.3, 0.4) is 0 Å². The summed E-state index contributed by atoms with van der Waals surface area (Å²) in [6.45, 7) is 0.212. The molecule has 0 spiro atoms. The molecule has 1 aliphatic rings. The monoisotopic (exact) mass is 289 g/mol. The predicted molar refractivity (Wildman–Crippen MR) is 67.7 cm³/mol. The molecule has 1 fully saturated rings. The Balaban J connectivity index is 0.00000256. The number of aliphatic hydroxyl groups excluding tert-OH is 3. The van der Waals surface area contributed by atoms with Gasteiger partial charge >= 0.3 is 0 Å². The van der Waals surface area contributed by atoms with Gasteiger partial charge in [-0.3, -0.25) is 0 Å². The zero-order chi connectivity index (χ0) is 12.1. The van der Waals surface area contributed by atoms with Crippen molar-refractivity contribution in [2.75, 3.05) is 26.0 Å². The number of aliphatic hydroxyl groups is 3. The van der Waals surface area contributed by atoms with Gasteiger partial charge in [0, 0.05) is 19.4 Å². The lowest BCUT2D eigenvalue weighted by molar-refractivity contribution is -0.271. The maximum Gasteiger partial charge on any atom is 0.185 e. The third kappa shape index (κ3) is 4.22. The second-order valence-electron chi connectivity index (χ2n) is 3.65. The van der Waals surface area contributed by atoms with Crippen molar-refractivity contribution in [2.45, 2.75) is 30.6 Å². The number of thiol groups is 1. The Labute approximate surface area is 112 Å². The quantitative estimate of drug-likeness (QED) is 0.391. The Morgan fingerprint density at radius 3 is 2.47 bits per heavy atom. The van der Waals surface area contributed by atoms with Gasteiger partial charge < -0.3 is 30.1 Å². The van der Waals surface area contributed by atoms with E-state index < -0.39 is 30.6 Å². The average Bonchev–Trinajstić information content (AvgIpc) is 2.29. The summed E-state index contributed by atoms with van der Waals surface area (Å²) in [5.41, 5.74) is 0. The van der Waals surface area contributed by atoms with Crippen LogP contribution in [0, 0.1) is 0 Å². The number of hydrogen-bond acceptors (Lipinski definition) is 7. The van der Waals surface area contributed by atoms with Gasteiger partial charge in [0.15, 0.2) is 6.29 Å². The van der Waals surface area contributed by atoms with Crippen molar-refractivity contribution in [1.29, 1.82) is 0 Å². The second kappa shape index (κ2) is 8.49. The summed E-state index contributed by atoms with van der Waals surface area (Å²) in [5.74, 6) is 0.582. The number of halogens is 1. The molecule has 0 bridgehead atoms. The minimum atomic E-state index is -0.984. The smallest absolute Gasteiger partial charge is 0.185 e. The molecule has 0 saturated carbocycles. The van der Waals surface area contributed by atoms with Crippen LogP contribution in [0.15, 0.2) is 0 Å². The van der Waals surface area contributed by atoms with E-state index in [1.807, 2.05) is 0 Å². The van der Waals surface area contributed by atoms with Crippen molar-refractivity contribution in [2.24, 2.45) is 0 Å². The minimum absolute atomic E-state index is 0. The maximum atomic E-state index is 9.86. The third-order valence-corrected chi connectivity index (χ3v) is 2.83. The molecule has 0 amide bonds. The average molecular weight is 290 g/mol. The standard InChI is InChI=1S/C9H19NO5S.ClH/c1-14-9-8(13)6(10-2-3-16)7(12)5(4-11)15-9;/h5-13,16H,2-4H2,1H3;1H/t5-,6-,7-,8+,9?;/m1./s1. The summed E-state index contributed by atoms with van der Waals surface area (Å²) in [6, 6.07) is -0.594. The van der Waals surface area contributed by atoms with Gasteiger partial charge in [0.2, 0.25) is 0 Å². The Kier molecular flexibility index (Phi) is 8.69. The lowest BCUT2D eigenvalue weighted by Crippen LogP contribution is -2.64. The predicted octanol–water partition coefficient (Wildman–Crippen LogP) is -1.62. The highest BCUT2D eigenvalue weighted by molar-refractivity contribution is 7.80. The summed E-state index contributed by atoms with van der Waals surface area (Å²) in [4.78, 5) is 0. The molecule has 0 radical (unpaired) electrons. The van der Waals surface area contributed by atoms with Gasteiger partial charge in [-0.1, -0.05) is 0 Å². The molecule has 8 heteroatoms. The lowest BCUT2D eigenvalue weighted by Gasteiger charge is -2.41. The van der Waals surface area contributed by atoms with Crippen LogP contribution in [0.1, 0.15) is 0 Å². The molecule has 1 unspecified atom stereocenters. The summed E-state index contributed by atoms with van der Waals surface area (Å²) in [7, 11) is 1.40. The van der Waals surface area contributed by atoms with Gasteiger partial charge in [-0.05, 0) is 0 Å². The fourth-order valence-corrected chi connectivity index (χ4v) is 1.88. The van der Waals surface area contributed by atoms with Crippen LogP contribution in [0.2, 0.25) is 0 Å². The van der Waals surface area contributed by atoms with Crippen molar-refractivity contribution < 1.29 is 24.8 Å². The molecule has 0 aromatic carbocycles. The van der Waals surface area contributed by atoms with E-state index in [1.165, 1.54) is 7.11 Å². The van der Waals surface area contributed by atoms with E-state index in [0.717, 1.165) is 0 Å². The Bertz CT molecular complexity index is 198. The van der Waals surface area contributed by atoms with E-state index in [4.69, 9.17) is 14.6 Å². The van der Waals surface area contributed by atoms with E-state index >= 15 is 0 Å². The van der Waals surface area contributed by atoms with Gasteiger partial charge in [-0.15, -0.1) is 12.4 Å². The molecule has 6 nitrogen and oxygen atoms in total. The number of nitrogens with one attached hydrogen (secondary N) is 1. The first kappa shape index (κ1) is 17.4. The number of hydrogen-bond donors (Lipinski definition) is 5. The summed E-state index contributed by atoms with van der Waals surface area (Å²) in [5, 5.41) is 31.7. The Hall–Kier alpha value is 0.400. The highest BCUT2D eigenvalue weighted by atomic mass is 35.5. The van der Waals surface area contributed by atoms with E-state index in [9.17, 15) is 10.2 Å². The Morgan fingerprint density at radius 2 is 2.00 bits per heavy atom. The van der Waals surface area contributed by atoms with E-state index in [1.54, 1.807) is 0 Å². The molecular formula is C9H20ClNO5S. The number of rotatable bonds is 5. The summed E-state index contributed by atoms with van der Waals surface area (Å²) in [6.07, 6.45) is -3.57. The van der Waals surface area contributed by atoms with Gasteiger partial charge in [0.25, 0.3) is 0 Å². The molecule has 1 rings (SSSR count). The SMILES string of the molecule is COC1O[C@H](CO)[C@@H](O)[C@@H](NCCS)[C@@H]1O.Cl. The first-order valence-electron chi connectivity index (χ1n) is 5.15. The van der Waals surface area contributed by atoms with Crippen molar-refractivity contribution in [1.82, 2.24) is 5.32 Å². The highest BCUT2D eigenvalue weighted by Crippen LogP contribution is 2.21. The second-order valence-corrected chi connectivity index (χ2v) is 4.09. The van der Waals surface area contributed by atoms with Gasteiger partial charge in [-0.2, -0.15) is 12.6 Å². The summed E-state index contributed by atoms with van der Waals surface area (Å²) < 4.78 is 10.1. The molecule has 0 aromatic heterocycles. The van der Waals surface area contributed by atoms with Crippen molar-refractivity contribution >= 4 is 25.0 Å². The minimum Gasteiger partial charge on any atom is -0.394 e. The van der Waals surface area contributed by atoms with E-state index in [0.29, 0.717) is 12.3 Å². The molecule has 1 heterocycles. The lowest BCUT2D eigenvalue weighted by atomic mass is 9.96. The zero-order valence-corrected chi connectivity index (χ0v) is 11.2. The molecule has 104 valence electrons. The zero-order valence-electron chi connectivity index (χ0n) is 9.52. The summed E-state index contributed by atoms with van der Waals surface area (Å²) >= 11 is 4.03. The fourth-order valence-electron chi connectivity index (χ4n) is 1.75. The molecule has 4 N–H and O–H groups in total. The highest BCUT2D eigenvalue weighted by Gasteiger charge is 2.44. The third-order valence-electron chi connectivity index (χ3n) is 2.61. The van der Waals surface area contributed by atoms with Crippen molar-refractivity contribution in [3.05, 3.63) is 0 Å². The topological polar surface area (TPSA) is 91.2 Å². The van der Waals surface area contributed by atoms with E-state index in [2.05, 4.69) is 17.9 Å². The van der Waals surface area contributed by atoms with Gasteiger partial charge in [-0.25, -0.2) is 0 Å². The largest absolute Gasteiger partial charge is 0.394 e. The van der Waals surface area contributed by atoms with Crippen LogP contribution in [0.5, 0.6) is 0 Å². The fraction of sp³-hybridized carbons (Fsp3) is 1.00. The number of methoxy groups -OCH3 is 1. The van der Waals surface area contributed by atoms with Gasteiger partial charge in [0.1, 0.15) is 18.3 Å². The first-order valence-corrected chi connectivity index (χ1v) is 5.78. The number of ether oxygens (including phenoxy) is 2. The Morgan fingerprint density at radius 1 is 1.35 bits per heavy atom. The van der Waals surface area contributed by atoms with Crippen LogP contribution < -0.4 is 5.32 Å². The van der Waals surface area contributed by atoms with Crippen molar-refractivity contribution in [3.8, 4) is 0 Å². The van der Waals surface area contributed by atoms with Crippen LogP contribution in [-0.2, 0) is 9.47 Å². The molecule has 1 saturated heterocycles. The molecule has 5 atom stereocenters. The van der Waals surface area contributed by atoms with Crippen LogP contribution in [0.25, 0.3) is 0 Å². The van der Waals surface area contributed by atoms with Crippen LogP contribution >= 0.6 is 25.0 Å². The molecule has 0 aromatic rings. The maximum absolute atomic E-state index is 9.86. The molecule has 0 aliphatic carbocycles. The van der Waals surface area contributed by atoms with Crippen LogP contribution in [0.4, 0.5) is 0 Å². The first-order chi connectivity index (χ1) is 7.65. The molecule has 17 heavy (non-hydrogen) atoms. The molecule has 1 aliphatic heterocycles.